The lowest BCUT2D eigenvalue weighted by atomic mass is 10.1. The number of aromatic nitrogens is 2. The van der Waals surface area contributed by atoms with Gasteiger partial charge in [0, 0.05) is 18.9 Å². The molecule has 31 heavy (non-hydrogen) atoms. The van der Waals surface area contributed by atoms with E-state index in [-0.39, 0.29) is 5.91 Å². The van der Waals surface area contributed by atoms with Gasteiger partial charge in [0.05, 0.1) is 17.6 Å². The van der Waals surface area contributed by atoms with Crippen LogP contribution in [0.15, 0.2) is 42.5 Å². The summed E-state index contributed by atoms with van der Waals surface area (Å²) in [4.78, 5) is 16.6. The molecule has 0 spiro atoms. The Morgan fingerprint density at radius 3 is 2.65 bits per heavy atom. The normalized spacial score (nSPS) is 13.5. The number of ether oxygens (including phenoxy) is 1. The molecule has 1 fully saturated rings. The van der Waals surface area contributed by atoms with Crippen LogP contribution in [0.4, 0.5) is 0 Å². The molecule has 3 aromatic rings. The van der Waals surface area contributed by atoms with E-state index >= 15 is 0 Å². The third kappa shape index (κ3) is 5.87. The summed E-state index contributed by atoms with van der Waals surface area (Å²) in [7, 11) is 0. The Bertz CT molecular complexity index is 1020. The van der Waals surface area contributed by atoms with Crippen molar-refractivity contribution in [3.05, 3.63) is 59.4 Å². The Kier molecular flexibility index (Phi) is 6.90. The van der Waals surface area contributed by atoms with Gasteiger partial charge in [0.2, 0.25) is 5.91 Å². The fraction of sp³-hybridized carbons (Fsp3) is 0.462. The molecule has 0 unspecified atom stereocenters. The molecule has 1 aliphatic rings. The summed E-state index contributed by atoms with van der Waals surface area (Å²) in [5, 5.41) is 3.05. The maximum Gasteiger partial charge on any atom is 0.223 e. The zero-order chi connectivity index (χ0) is 21.6. The number of amides is 1. The number of para-hydroxylation sites is 2. The lowest BCUT2D eigenvalue weighted by Crippen LogP contribution is -2.25. The first-order chi connectivity index (χ1) is 15.1. The second kappa shape index (κ2) is 9.99. The highest BCUT2D eigenvalue weighted by Gasteiger charge is 2.28. The second-order valence-corrected chi connectivity index (χ2v) is 8.72. The van der Waals surface area contributed by atoms with Crippen molar-refractivity contribution < 1.29 is 9.53 Å². The number of hydrogen-bond acceptors (Lipinski definition) is 3. The van der Waals surface area contributed by atoms with Crippen molar-refractivity contribution >= 4 is 16.9 Å². The van der Waals surface area contributed by atoms with Crippen LogP contribution in [0.1, 0.15) is 49.1 Å². The number of fused-ring (bicyclic) bond motifs is 1. The van der Waals surface area contributed by atoms with E-state index in [9.17, 15) is 4.79 Å². The minimum atomic E-state index is 0.241. The van der Waals surface area contributed by atoms with Gasteiger partial charge in [-0.15, -0.1) is 0 Å². The lowest BCUT2D eigenvalue weighted by Gasteiger charge is -2.12. The van der Waals surface area contributed by atoms with E-state index in [0.717, 1.165) is 68.7 Å². The van der Waals surface area contributed by atoms with E-state index in [2.05, 4.69) is 60.1 Å². The number of nitrogens with zero attached hydrogens (tertiary/aromatic N) is 2. The standard InChI is InChI=1S/C26H33N3O2/c1-19-16-20(2)18-22(17-19)31-15-14-29-24-9-6-5-8-23(24)28-25(29)10-4-3-7-13-27-26(30)21-11-12-21/h5-6,8-9,16-18,21H,3-4,7,10-15H2,1-2H3,(H,27,30). The van der Waals surface area contributed by atoms with Crippen LogP contribution < -0.4 is 10.1 Å². The highest BCUT2D eigenvalue weighted by atomic mass is 16.5. The molecule has 1 N–H and O–H groups in total. The third-order valence-corrected chi connectivity index (χ3v) is 5.84. The van der Waals surface area contributed by atoms with Gasteiger partial charge in [0.15, 0.2) is 0 Å². The molecule has 1 aliphatic carbocycles. The van der Waals surface area contributed by atoms with Crippen molar-refractivity contribution in [1.29, 1.82) is 0 Å². The van der Waals surface area contributed by atoms with Crippen LogP contribution in [0, 0.1) is 19.8 Å². The molecular weight excluding hydrogens is 386 g/mol. The van der Waals surface area contributed by atoms with Crippen LogP contribution in [-0.4, -0.2) is 28.6 Å². The maximum atomic E-state index is 11.7. The van der Waals surface area contributed by atoms with Crippen LogP contribution in [-0.2, 0) is 17.8 Å². The molecular formula is C26H33N3O2. The Morgan fingerprint density at radius 2 is 1.87 bits per heavy atom. The number of rotatable bonds is 11. The summed E-state index contributed by atoms with van der Waals surface area (Å²) in [6.45, 7) is 6.37. The minimum absolute atomic E-state index is 0.241. The fourth-order valence-corrected chi connectivity index (χ4v) is 4.12. The molecule has 1 heterocycles. The van der Waals surface area contributed by atoms with Gasteiger partial charge in [0.1, 0.15) is 18.2 Å². The van der Waals surface area contributed by atoms with Gasteiger partial charge in [-0.3, -0.25) is 4.79 Å². The van der Waals surface area contributed by atoms with Crippen LogP contribution in [0.3, 0.4) is 0 Å². The zero-order valence-electron chi connectivity index (χ0n) is 18.7. The fourth-order valence-electron chi connectivity index (χ4n) is 4.12. The van der Waals surface area contributed by atoms with Crippen molar-refractivity contribution in [2.45, 2.75) is 58.9 Å². The van der Waals surface area contributed by atoms with Crippen molar-refractivity contribution in [2.75, 3.05) is 13.2 Å². The van der Waals surface area contributed by atoms with Gasteiger partial charge in [-0.05, 0) is 74.9 Å². The summed E-state index contributed by atoms with van der Waals surface area (Å²) in [6, 6.07) is 14.6. The van der Waals surface area contributed by atoms with E-state index < -0.39 is 0 Å². The van der Waals surface area contributed by atoms with E-state index in [1.807, 2.05) is 6.07 Å². The average Bonchev–Trinajstić information content (AvgIpc) is 3.53. The molecule has 1 saturated carbocycles. The number of carbonyl (C=O) groups excluding carboxylic acids is 1. The third-order valence-electron chi connectivity index (χ3n) is 5.84. The SMILES string of the molecule is Cc1cc(C)cc(OCCn2c(CCCCCNC(=O)C3CC3)nc3ccccc32)c1. The topological polar surface area (TPSA) is 56.1 Å². The summed E-state index contributed by atoms with van der Waals surface area (Å²) >= 11 is 0. The number of aryl methyl sites for hydroxylation is 3. The Morgan fingerprint density at radius 1 is 1.10 bits per heavy atom. The van der Waals surface area contributed by atoms with Crippen molar-refractivity contribution in [1.82, 2.24) is 14.9 Å². The first-order valence-corrected chi connectivity index (χ1v) is 11.5. The van der Waals surface area contributed by atoms with Gasteiger partial charge in [0.25, 0.3) is 0 Å². The lowest BCUT2D eigenvalue weighted by molar-refractivity contribution is -0.122. The van der Waals surface area contributed by atoms with Gasteiger partial charge in [-0.2, -0.15) is 0 Å². The molecule has 0 atom stereocenters. The highest BCUT2D eigenvalue weighted by Crippen LogP contribution is 2.28. The molecule has 0 radical (unpaired) electrons. The van der Waals surface area contributed by atoms with E-state index in [1.165, 1.54) is 16.6 Å². The van der Waals surface area contributed by atoms with Crippen molar-refractivity contribution in [3.63, 3.8) is 0 Å². The molecule has 164 valence electrons. The number of hydrogen-bond donors (Lipinski definition) is 1. The summed E-state index contributed by atoms with van der Waals surface area (Å²) in [5.41, 5.74) is 4.65. The monoisotopic (exact) mass is 419 g/mol. The first-order valence-electron chi connectivity index (χ1n) is 11.5. The van der Waals surface area contributed by atoms with E-state index in [0.29, 0.717) is 12.5 Å². The van der Waals surface area contributed by atoms with Gasteiger partial charge < -0.3 is 14.6 Å². The molecule has 0 saturated heterocycles. The van der Waals surface area contributed by atoms with Gasteiger partial charge in [-0.1, -0.05) is 24.6 Å². The van der Waals surface area contributed by atoms with Crippen LogP contribution >= 0.6 is 0 Å². The van der Waals surface area contributed by atoms with E-state index in [1.54, 1.807) is 0 Å². The maximum absolute atomic E-state index is 11.7. The largest absolute Gasteiger partial charge is 0.492 e. The zero-order valence-corrected chi connectivity index (χ0v) is 18.7. The summed E-state index contributed by atoms with van der Waals surface area (Å²) in [6.07, 6.45) is 6.25. The Hall–Kier alpha value is -2.82. The Balaban J connectivity index is 1.31. The number of carbonyl (C=O) groups is 1. The number of imidazole rings is 1. The van der Waals surface area contributed by atoms with E-state index in [4.69, 9.17) is 9.72 Å². The average molecular weight is 420 g/mol. The van der Waals surface area contributed by atoms with Crippen molar-refractivity contribution in [2.24, 2.45) is 5.92 Å². The molecule has 1 amide bonds. The van der Waals surface area contributed by atoms with Crippen LogP contribution in [0.5, 0.6) is 5.75 Å². The number of benzene rings is 2. The number of unbranched alkanes of at least 4 members (excludes halogenated alkanes) is 2. The Labute approximate surface area is 184 Å². The molecule has 5 heteroatoms. The summed E-state index contributed by atoms with van der Waals surface area (Å²) in [5.74, 6) is 2.58. The van der Waals surface area contributed by atoms with Crippen LogP contribution in [0.2, 0.25) is 0 Å². The summed E-state index contributed by atoms with van der Waals surface area (Å²) < 4.78 is 8.36. The molecule has 0 aliphatic heterocycles. The highest BCUT2D eigenvalue weighted by molar-refractivity contribution is 5.80. The quantitative estimate of drug-likeness (QED) is 0.446. The molecule has 4 rings (SSSR count). The molecule has 5 nitrogen and oxygen atoms in total. The van der Waals surface area contributed by atoms with Crippen molar-refractivity contribution in [3.8, 4) is 5.75 Å². The molecule has 0 bridgehead atoms. The molecule has 2 aromatic carbocycles. The predicted octanol–water partition coefficient (Wildman–Crippen LogP) is 4.97. The smallest absolute Gasteiger partial charge is 0.223 e. The second-order valence-electron chi connectivity index (χ2n) is 8.72. The van der Waals surface area contributed by atoms with Gasteiger partial charge in [-0.25, -0.2) is 4.98 Å². The van der Waals surface area contributed by atoms with Crippen LogP contribution in [0.25, 0.3) is 11.0 Å². The van der Waals surface area contributed by atoms with Gasteiger partial charge >= 0.3 is 0 Å². The molecule has 1 aromatic heterocycles. The first kappa shape index (κ1) is 21.4. The predicted molar refractivity (Wildman–Crippen MR) is 124 cm³/mol. The minimum Gasteiger partial charge on any atom is -0.492 e. The number of nitrogens with one attached hydrogen (secondary N) is 1.